The second-order valence-corrected chi connectivity index (χ2v) is 5.34. The van der Waals surface area contributed by atoms with Crippen LogP contribution in [0.2, 0.25) is 0 Å². The van der Waals surface area contributed by atoms with Crippen molar-refractivity contribution in [3.63, 3.8) is 0 Å². The molecule has 1 saturated heterocycles. The zero-order valence-electron chi connectivity index (χ0n) is 6.36. The Kier molecular flexibility index (Phi) is 3.49. The van der Waals surface area contributed by atoms with Crippen LogP contribution < -0.4 is 0 Å². The van der Waals surface area contributed by atoms with Crippen molar-refractivity contribution < 1.29 is 0 Å². The summed E-state index contributed by atoms with van der Waals surface area (Å²) in [6.07, 6.45) is 9.91. The van der Waals surface area contributed by atoms with Gasteiger partial charge in [-0.2, -0.15) is 0 Å². The smallest absolute Gasteiger partial charge is 0.0530 e. The van der Waals surface area contributed by atoms with Crippen LogP contribution in [-0.4, -0.2) is 17.8 Å². The van der Waals surface area contributed by atoms with Crippen LogP contribution in [0.3, 0.4) is 0 Å². The summed E-state index contributed by atoms with van der Waals surface area (Å²) >= 11 is 0. The van der Waals surface area contributed by atoms with Crippen molar-refractivity contribution in [1.29, 1.82) is 0 Å². The predicted molar refractivity (Wildman–Crippen MR) is 46.1 cm³/mol. The van der Waals surface area contributed by atoms with Crippen LogP contribution in [0.4, 0.5) is 0 Å². The molecule has 0 spiro atoms. The average molecular weight is 145 g/mol. The summed E-state index contributed by atoms with van der Waals surface area (Å²) in [7, 11) is 0.781. The Hall–Kier alpha value is 0.350. The molecule has 1 aliphatic heterocycles. The van der Waals surface area contributed by atoms with Gasteiger partial charge in [0.15, 0.2) is 0 Å². The van der Waals surface area contributed by atoms with Crippen molar-refractivity contribution in [3.8, 4) is 0 Å². The lowest BCUT2D eigenvalue weighted by atomic mass is 10.2. The Morgan fingerprint density at radius 3 is 1.78 bits per heavy atom. The highest BCUT2D eigenvalue weighted by Crippen LogP contribution is 2.11. The molecule has 1 heteroatoms. The summed E-state index contributed by atoms with van der Waals surface area (Å²) in [6, 6.07) is 0. The SMILES string of the molecule is C[S+]1CCCCCCC1. The summed E-state index contributed by atoms with van der Waals surface area (Å²) in [5.41, 5.74) is 0. The molecule has 9 heavy (non-hydrogen) atoms. The molecule has 0 atom stereocenters. The van der Waals surface area contributed by atoms with E-state index in [4.69, 9.17) is 0 Å². The molecular formula is C8H17S+. The van der Waals surface area contributed by atoms with Crippen LogP contribution in [-0.2, 0) is 10.9 Å². The van der Waals surface area contributed by atoms with E-state index in [2.05, 4.69) is 6.26 Å². The van der Waals surface area contributed by atoms with Gasteiger partial charge in [-0.25, -0.2) is 0 Å². The molecule has 54 valence electrons. The van der Waals surface area contributed by atoms with E-state index in [-0.39, 0.29) is 0 Å². The molecule has 0 amide bonds. The van der Waals surface area contributed by atoms with Crippen LogP contribution in [0.1, 0.15) is 32.1 Å². The Labute approximate surface area is 61.4 Å². The topological polar surface area (TPSA) is 0 Å². The Balaban J connectivity index is 2.12. The predicted octanol–water partition coefficient (Wildman–Crippen LogP) is 2.20. The third-order valence-electron chi connectivity index (χ3n) is 1.99. The first-order valence-corrected chi connectivity index (χ1v) is 5.96. The second kappa shape index (κ2) is 4.21. The molecule has 0 N–H and O–H groups in total. The highest BCUT2D eigenvalue weighted by Gasteiger charge is 2.11. The second-order valence-electron chi connectivity index (χ2n) is 2.96. The Morgan fingerprint density at radius 2 is 1.22 bits per heavy atom. The minimum absolute atomic E-state index is 0.781. The first-order valence-electron chi connectivity index (χ1n) is 3.99. The van der Waals surface area contributed by atoms with Crippen LogP contribution in [0, 0.1) is 0 Å². The maximum absolute atomic E-state index is 2.42. The monoisotopic (exact) mass is 145 g/mol. The fourth-order valence-corrected chi connectivity index (χ4v) is 2.93. The summed E-state index contributed by atoms with van der Waals surface area (Å²) in [5, 5.41) is 0. The van der Waals surface area contributed by atoms with Gasteiger partial charge in [-0.15, -0.1) is 0 Å². The summed E-state index contributed by atoms with van der Waals surface area (Å²) in [6.45, 7) is 0. The first kappa shape index (κ1) is 7.46. The molecule has 1 heterocycles. The van der Waals surface area contributed by atoms with Gasteiger partial charge in [0.05, 0.1) is 6.26 Å². The van der Waals surface area contributed by atoms with Crippen molar-refractivity contribution in [2.75, 3.05) is 17.8 Å². The van der Waals surface area contributed by atoms with Gasteiger partial charge in [0.2, 0.25) is 0 Å². The van der Waals surface area contributed by atoms with Gasteiger partial charge in [0, 0.05) is 0 Å². The van der Waals surface area contributed by atoms with E-state index in [9.17, 15) is 0 Å². The maximum Gasteiger partial charge on any atom is 0.107 e. The summed E-state index contributed by atoms with van der Waals surface area (Å²) in [5.74, 6) is 3.03. The molecule has 0 bridgehead atoms. The van der Waals surface area contributed by atoms with Gasteiger partial charge >= 0.3 is 0 Å². The number of hydrogen-bond acceptors (Lipinski definition) is 0. The van der Waals surface area contributed by atoms with Crippen molar-refractivity contribution in [2.24, 2.45) is 0 Å². The first-order chi connectivity index (χ1) is 4.39. The summed E-state index contributed by atoms with van der Waals surface area (Å²) < 4.78 is 0. The molecule has 1 rings (SSSR count). The molecule has 0 aromatic rings. The zero-order chi connectivity index (χ0) is 6.53. The quantitative estimate of drug-likeness (QED) is 0.458. The van der Waals surface area contributed by atoms with E-state index in [0.29, 0.717) is 0 Å². The van der Waals surface area contributed by atoms with Crippen LogP contribution in [0.15, 0.2) is 0 Å². The third kappa shape index (κ3) is 3.14. The van der Waals surface area contributed by atoms with Crippen LogP contribution >= 0.6 is 0 Å². The van der Waals surface area contributed by atoms with Crippen LogP contribution in [0.25, 0.3) is 0 Å². The molecule has 0 aliphatic carbocycles. The number of rotatable bonds is 0. The molecule has 1 fully saturated rings. The molecule has 0 nitrogen and oxygen atoms in total. The van der Waals surface area contributed by atoms with Crippen molar-refractivity contribution >= 4 is 10.9 Å². The Morgan fingerprint density at radius 1 is 0.778 bits per heavy atom. The highest BCUT2D eigenvalue weighted by molar-refractivity contribution is 7.96. The van der Waals surface area contributed by atoms with E-state index in [0.717, 1.165) is 10.9 Å². The van der Waals surface area contributed by atoms with Gasteiger partial charge < -0.3 is 0 Å². The van der Waals surface area contributed by atoms with E-state index in [1.165, 1.54) is 43.6 Å². The maximum atomic E-state index is 2.42. The van der Waals surface area contributed by atoms with Crippen molar-refractivity contribution in [2.45, 2.75) is 32.1 Å². The largest absolute Gasteiger partial charge is 0.107 e. The molecule has 0 radical (unpaired) electrons. The lowest BCUT2D eigenvalue weighted by Gasteiger charge is -2.07. The van der Waals surface area contributed by atoms with E-state index in [1.54, 1.807) is 0 Å². The van der Waals surface area contributed by atoms with E-state index in [1.807, 2.05) is 0 Å². The highest BCUT2D eigenvalue weighted by atomic mass is 32.2. The molecule has 0 unspecified atom stereocenters. The molecule has 0 aromatic heterocycles. The van der Waals surface area contributed by atoms with Gasteiger partial charge in [0.1, 0.15) is 11.5 Å². The summed E-state index contributed by atoms with van der Waals surface area (Å²) in [4.78, 5) is 0. The standard InChI is InChI=1S/C8H17S/c1-9-7-5-3-2-4-6-8-9/h2-8H2,1H3/q+1. The van der Waals surface area contributed by atoms with Gasteiger partial charge in [-0.05, 0) is 36.6 Å². The van der Waals surface area contributed by atoms with Gasteiger partial charge in [-0.3, -0.25) is 0 Å². The number of hydrogen-bond donors (Lipinski definition) is 0. The van der Waals surface area contributed by atoms with Crippen molar-refractivity contribution in [1.82, 2.24) is 0 Å². The van der Waals surface area contributed by atoms with Gasteiger partial charge in [-0.1, -0.05) is 6.42 Å². The van der Waals surface area contributed by atoms with E-state index < -0.39 is 0 Å². The lowest BCUT2D eigenvalue weighted by Crippen LogP contribution is -2.11. The lowest BCUT2D eigenvalue weighted by molar-refractivity contribution is 0.651. The Bertz CT molecular complexity index is 63.0. The third-order valence-corrected chi connectivity index (χ3v) is 3.96. The van der Waals surface area contributed by atoms with Crippen LogP contribution in [0.5, 0.6) is 0 Å². The molecular weight excluding hydrogens is 128 g/mol. The van der Waals surface area contributed by atoms with E-state index >= 15 is 0 Å². The molecule has 0 saturated carbocycles. The molecule has 1 aliphatic rings. The fraction of sp³-hybridized carbons (Fsp3) is 1.00. The average Bonchev–Trinajstić information content (AvgIpc) is 1.79. The normalized spacial score (nSPS) is 25.0. The zero-order valence-corrected chi connectivity index (χ0v) is 7.17. The van der Waals surface area contributed by atoms with Gasteiger partial charge in [0.25, 0.3) is 0 Å². The molecule has 0 aromatic carbocycles. The minimum atomic E-state index is 0.781. The minimum Gasteiger partial charge on any atom is -0.0530 e. The van der Waals surface area contributed by atoms with Crippen molar-refractivity contribution in [3.05, 3.63) is 0 Å². The fourth-order valence-electron chi connectivity index (χ4n) is 1.33.